The third kappa shape index (κ3) is 2.27. The van der Waals surface area contributed by atoms with E-state index in [4.69, 9.17) is 5.73 Å². The van der Waals surface area contributed by atoms with Crippen LogP contribution in [0.5, 0.6) is 0 Å². The second-order valence-electron chi connectivity index (χ2n) is 3.64. The van der Waals surface area contributed by atoms with Crippen molar-refractivity contribution in [1.29, 1.82) is 0 Å². The SMILES string of the molecule is N[C@@H](c1ccccn1)[C@@H](O)c1ccccc1. The summed E-state index contributed by atoms with van der Waals surface area (Å²) in [6.45, 7) is 0. The topological polar surface area (TPSA) is 59.1 Å². The van der Waals surface area contributed by atoms with Gasteiger partial charge in [0.2, 0.25) is 0 Å². The van der Waals surface area contributed by atoms with Crippen molar-refractivity contribution in [3.8, 4) is 0 Å². The predicted molar refractivity (Wildman–Crippen MR) is 62.6 cm³/mol. The molecule has 2 aromatic rings. The van der Waals surface area contributed by atoms with Crippen molar-refractivity contribution in [2.45, 2.75) is 12.1 Å². The first-order valence-corrected chi connectivity index (χ1v) is 5.18. The smallest absolute Gasteiger partial charge is 0.0998 e. The van der Waals surface area contributed by atoms with E-state index in [1.54, 1.807) is 6.20 Å². The van der Waals surface area contributed by atoms with Crippen molar-refractivity contribution >= 4 is 0 Å². The highest BCUT2D eigenvalue weighted by molar-refractivity contribution is 5.21. The molecule has 0 spiro atoms. The molecule has 0 bridgehead atoms. The minimum absolute atomic E-state index is 0.497. The molecule has 0 saturated heterocycles. The van der Waals surface area contributed by atoms with Gasteiger partial charge in [-0.25, -0.2) is 0 Å². The molecule has 1 aromatic carbocycles. The summed E-state index contributed by atoms with van der Waals surface area (Å²) in [4.78, 5) is 4.14. The number of hydrogen-bond donors (Lipinski definition) is 2. The summed E-state index contributed by atoms with van der Waals surface area (Å²) in [5.74, 6) is 0. The zero-order valence-corrected chi connectivity index (χ0v) is 8.82. The van der Waals surface area contributed by atoms with Gasteiger partial charge in [-0.15, -0.1) is 0 Å². The quantitative estimate of drug-likeness (QED) is 0.819. The molecule has 0 aliphatic heterocycles. The summed E-state index contributed by atoms with van der Waals surface area (Å²) >= 11 is 0. The highest BCUT2D eigenvalue weighted by Gasteiger charge is 2.18. The van der Waals surface area contributed by atoms with Gasteiger partial charge in [-0.05, 0) is 17.7 Å². The van der Waals surface area contributed by atoms with Crippen molar-refractivity contribution in [2.24, 2.45) is 5.73 Å². The molecule has 0 aliphatic carbocycles. The predicted octanol–water partition coefficient (Wildman–Crippen LogP) is 1.81. The molecular formula is C13H14N2O. The maximum atomic E-state index is 10.1. The monoisotopic (exact) mass is 214 g/mol. The largest absolute Gasteiger partial charge is 0.386 e. The maximum absolute atomic E-state index is 10.1. The third-order valence-corrected chi connectivity index (χ3v) is 2.51. The summed E-state index contributed by atoms with van der Waals surface area (Å²) in [5, 5.41) is 10.1. The standard InChI is InChI=1S/C13H14N2O/c14-12(11-8-4-5-9-15-11)13(16)10-6-2-1-3-7-10/h1-9,12-13,16H,14H2/t12-,13-/m0/s1. The molecular weight excluding hydrogens is 200 g/mol. The van der Waals surface area contributed by atoms with Crippen molar-refractivity contribution in [3.05, 3.63) is 66.0 Å². The molecule has 3 heteroatoms. The van der Waals surface area contributed by atoms with Gasteiger partial charge in [-0.1, -0.05) is 36.4 Å². The summed E-state index contributed by atoms with van der Waals surface area (Å²) in [5.41, 5.74) is 7.46. The van der Waals surface area contributed by atoms with Gasteiger partial charge in [-0.3, -0.25) is 4.98 Å². The second-order valence-corrected chi connectivity index (χ2v) is 3.64. The Bertz CT molecular complexity index is 387. The van der Waals surface area contributed by atoms with Crippen LogP contribution in [0.3, 0.4) is 0 Å². The number of rotatable bonds is 3. The van der Waals surface area contributed by atoms with Gasteiger partial charge in [0.25, 0.3) is 0 Å². The number of hydrogen-bond acceptors (Lipinski definition) is 3. The van der Waals surface area contributed by atoms with E-state index in [2.05, 4.69) is 4.98 Å². The normalized spacial score (nSPS) is 14.4. The number of aliphatic hydroxyl groups is 1. The first-order valence-electron chi connectivity index (χ1n) is 5.18. The molecule has 16 heavy (non-hydrogen) atoms. The lowest BCUT2D eigenvalue weighted by molar-refractivity contribution is 0.145. The Labute approximate surface area is 94.6 Å². The Morgan fingerprint density at radius 1 is 1.00 bits per heavy atom. The van der Waals surface area contributed by atoms with Crippen LogP contribution in [0, 0.1) is 0 Å². The fourth-order valence-electron chi connectivity index (χ4n) is 1.59. The lowest BCUT2D eigenvalue weighted by atomic mass is 10.0. The maximum Gasteiger partial charge on any atom is 0.0998 e. The van der Waals surface area contributed by atoms with E-state index in [0.717, 1.165) is 5.56 Å². The van der Waals surface area contributed by atoms with Crippen LogP contribution in [-0.2, 0) is 0 Å². The van der Waals surface area contributed by atoms with Crippen LogP contribution in [0.1, 0.15) is 23.4 Å². The van der Waals surface area contributed by atoms with Gasteiger partial charge < -0.3 is 10.8 Å². The molecule has 0 fully saturated rings. The number of nitrogens with two attached hydrogens (primary N) is 1. The molecule has 2 rings (SSSR count). The van der Waals surface area contributed by atoms with Gasteiger partial charge in [-0.2, -0.15) is 0 Å². The summed E-state index contributed by atoms with van der Waals surface area (Å²) < 4.78 is 0. The van der Waals surface area contributed by atoms with Crippen LogP contribution >= 0.6 is 0 Å². The number of nitrogens with zero attached hydrogens (tertiary/aromatic N) is 1. The number of aliphatic hydroxyl groups excluding tert-OH is 1. The van der Waals surface area contributed by atoms with Gasteiger partial charge in [0.1, 0.15) is 0 Å². The Morgan fingerprint density at radius 2 is 1.69 bits per heavy atom. The van der Waals surface area contributed by atoms with Gasteiger partial charge in [0.05, 0.1) is 17.8 Å². The van der Waals surface area contributed by atoms with Crippen LogP contribution in [-0.4, -0.2) is 10.1 Å². The van der Waals surface area contributed by atoms with Crippen molar-refractivity contribution in [2.75, 3.05) is 0 Å². The van der Waals surface area contributed by atoms with Gasteiger partial charge in [0, 0.05) is 6.20 Å². The molecule has 0 radical (unpaired) electrons. The summed E-state index contributed by atoms with van der Waals surface area (Å²) in [7, 11) is 0. The minimum Gasteiger partial charge on any atom is -0.386 e. The number of pyridine rings is 1. The summed E-state index contributed by atoms with van der Waals surface area (Å²) in [6.07, 6.45) is 0.948. The fraction of sp³-hybridized carbons (Fsp3) is 0.154. The highest BCUT2D eigenvalue weighted by atomic mass is 16.3. The van der Waals surface area contributed by atoms with E-state index < -0.39 is 12.1 Å². The first-order chi connectivity index (χ1) is 7.79. The molecule has 82 valence electrons. The Hall–Kier alpha value is -1.71. The molecule has 2 atom stereocenters. The van der Waals surface area contributed by atoms with Crippen LogP contribution in [0.4, 0.5) is 0 Å². The van der Waals surface area contributed by atoms with Crippen molar-refractivity contribution in [1.82, 2.24) is 4.98 Å². The molecule has 0 unspecified atom stereocenters. The van der Waals surface area contributed by atoms with E-state index in [1.165, 1.54) is 0 Å². The molecule has 3 nitrogen and oxygen atoms in total. The lowest BCUT2D eigenvalue weighted by Gasteiger charge is -2.18. The lowest BCUT2D eigenvalue weighted by Crippen LogP contribution is -2.20. The molecule has 0 saturated carbocycles. The third-order valence-electron chi connectivity index (χ3n) is 2.51. The second kappa shape index (κ2) is 4.88. The molecule has 0 aliphatic rings. The van der Waals surface area contributed by atoms with E-state index in [9.17, 15) is 5.11 Å². The van der Waals surface area contributed by atoms with E-state index in [-0.39, 0.29) is 0 Å². The van der Waals surface area contributed by atoms with Crippen LogP contribution < -0.4 is 5.73 Å². The number of aromatic nitrogens is 1. The Balaban J connectivity index is 2.20. The molecule has 3 N–H and O–H groups in total. The van der Waals surface area contributed by atoms with E-state index in [0.29, 0.717) is 5.69 Å². The van der Waals surface area contributed by atoms with E-state index in [1.807, 2.05) is 48.5 Å². The minimum atomic E-state index is -0.726. The average molecular weight is 214 g/mol. The van der Waals surface area contributed by atoms with Gasteiger partial charge >= 0.3 is 0 Å². The van der Waals surface area contributed by atoms with Crippen LogP contribution in [0.15, 0.2) is 54.7 Å². The molecule has 1 heterocycles. The zero-order chi connectivity index (χ0) is 11.4. The van der Waals surface area contributed by atoms with Crippen molar-refractivity contribution in [3.63, 3.8) is 0 Å². The van der Waals surface area contributed by atoms with Crippen LogP contribution in [0.2, 0.25) is 0 Å². The summed E-state index contributed by atoms with van der Waals surface area (Å²) in [6, 6.07) is 14.4. The van der Waals surface area contributed by atoms with E-state index >= 15 is 0 Å². The number of benzene rings is 1. The Kier molecular flexibility index (Phi) is 3.29. The highest BCUT2D eigenvalue weighted by Crippen LogP contribution is 2.24. The fourth-order valence-corrected chi connectivity index (χ4v) is 1.59. The zero-order valence-electron chi connectivity index (χ0n) is 8.82. The van der Waals surface area contributed by atoms with Gasteiger partial charge in [0.15, 0.2) is 0 Å². The van der Waals surface area contributed by atoms with Crippen molar-refractivity contribution < 1.29 is 5.11 Å². The Morgan fingerprint density at radius 3 is 2.31 bits per heavy atom. The van der Waals surface area contributed by atoms with Crippen LogP contribution in [0.25, 0.3) is 0 Å². The molecule has 1 aromatic heterocycles. The average Bonchev–Trinajstić information content (AvgIpc) is 2.39. The molecule has 0 amide bonds. The first kappa shape index (κ1) is 10.8.